The molecule has 7 heteroatoms. The average molecular weight is 556 g/mol. The van der Waals surface area contributed by atoms with Gasteiger partial charge in [-0.15, -0.1) is 0 Å². The van der Waals surface area contributed by atoms with Crippen LogP contribution in [0.4, 0.5) is 0 Å². The van der Waals surface area contributed by atoms with Gasteiger partial charge in [0.05, 0.1) is 0 Å². The molecule has 0 aromatic carbocycles. The predicted octanol–water partition coefficient (Wildman–Crippen LogP) is 8.18. The number of carbonyl (C=O) groups excluding carboxylic acids is 2. The highest BCUT2D eigenvalue weighted by molar-refractivity contribution is 6.69. The standard InChI is InChI=1S/C31H61NO5Si/c1-6-11-12-13-14-15-16-17-18-19-20-21-22-23-24-25-28-32-30(34)27-26-29(33)31(32,7-2)38(35-8-3,36-9-4)37-10-5/h6-28H2,1-5H3/t31-/m1/s1. The second kappa shape index (κ2) is 21.0. The van der Waals surface area contributed by atoms with Crippen molar-refractivity contribution in [1.29, 1.82) is 0 Å². The Morgan fingerprint density at radius 3 is 1.37 bits per heavy atom. The van der Waals surface area contributed by atoms with E-state index in [1.54, 1.807) is 4.90 Å². The van der Waals surface area contributed by atoms with Crippen LogP contribution < -0.4 is 0 Å². The van der Waals surface area contributed by atoms with Crippen LogP contribution in [0.2, 0.25) is 0 Å². The highest BCUT2D eigenvalue weighted by atomic mass is 28.4. The third-order valence-corrected chi connectivity index (χ3v) is 12.0. The van der Waals surface area contributed by atoms with E-state index in [9.17, 15) is 9.59 Å². The highest BCUT2D eigenvalue weighted by Crippen LogP contribution is 2.39. The number of carbonyl (C=O) groups is 2. The number of rotatable bonds is 25. The van der Waals surface area contributed by atoms with Crippen LogP contribution in [0.5, 0.6) is 0 Å². The first-order valence-electron chi connectivity index (χ1n) is 16.2. The first-order valence-corrected chi connectivity index (χ1v) is 18.0. The number of Topliss-reactive ketones (excluding diaryl/α,β-unsaturated/α-hetero) is 1. The fraction of sp³-hybridized carbons (Fsp3) is 0.935. The second-order valence-corrected chi connectivity index (χ2v) is 13.6. The number of ketones is 1. The minimum Gasteiger partial charge on any atom is -0.372 e. The van der Waals surface area contributed by atoms with E-state index in [1.165, 1.54) is 89.9 Å². The summed E-state index contributed by atoms with van der Waals surface area (Å²) in [5, 5.41) is -1.11. The summed E-state index contributed by atoms with van der Waals surface area (Å²) in [5.74, 6) is 0.0708. The molecule has 1 amide bonds. The molecule has 1 atom stereocenters. The zero-order valence-electron chi connectivity index (χ0n) is 25.8. The summed E-state index contributed by atoms with van der Waals surface area (Å²) in [6.07, 6.45) is 21.9. The Kier molecular flexibility index (Phi) is 19.5. The van der Waals surface area contributed by atoms with Gasteiger partial charge in [0.2, 0.25) is 5.91 Å². The van der Waals surface area contributed by atoms with Crippen LogP contribution in [0.15, 0.2) is 0 Å². The van der Waals surface area contributed by atoms with Gasteiger partial charge in [-0.2, -0.15) is 0 Å². The van der Waals surface area contributed by atoms with Gasteiger partial charge in [0, 0.05) is 39.2 Å². The van der Waals surface area contributed by atoms with E-state index in [0.29, 0.717) is 32.8 Å². The molecule has 0 aromatic heterocycles. The lowest BCUT2D eigenvalue weighted by atomic mass is 9.96. The first kappa shape index (κ1) is 35.3. The second-order valence-electron chi connectivity index (χ2n) is 10.8. The minimum absolute atomic E-state index is 0.0309. The van der Waals surface area contributed by atoms with Crippen molar-refractivity contribution in [2.45, 2.75) is 162 Å². The third-order valence-electron chi connectivity index (χ3n) is 8.05. The van der Waals surface area contributed by atoms with E-state index in [4.69, 9.17) is 13.3 Å². The zero-order chi connectivity index (χ0) is 28.1. The molecule has 0 aliphatic carbocycles. The molecule has 1 aliphatic rings. The summed E-state index contributed by atoms with van der Waals surface area (Å²) in [5.41, 5.74) is 0. The summed E-state index contributed by atoms with van der Waals surface area (Å²) in [6, 6.07) is 0. The Morgan fingerprint density at radius 1 is 0.605 bits per heavy atom. The van der Waals surface area contributed by atoms with Gasteiger partial charge in [-0.25, -0.2) is 0 Å². The average Bonchev–Trinajstić information content (AvgIpc) is 2.90. The van der Waals surface area contributed by atoms with E-state index in [0.717, 1.165) is 12.8 Å². The van der Waals surface area contributed by atoms with Crippen LogP contribution in [0.3, 0.4) is 0 Å². The molecule has 1 heterocycles. The molecular formula is C31H61NO5Si. The van der Waals surface area contributed by atoms with Crippen LogP contribution in [-0.4, -0.2) is 56.9 Å². The minimum atomic E-state index is -3.47. The van der Waals surface area contributed by atoms with Gasteiger partial charge < -0.3 is 18.2 Å². The summed E-state index contributed by atoms with van der Waals surface area (Å²) < 4.78 is 18.6. The fourth-order valence-corrected chi connectivity index (χ4v) is 9.63. The van der Waals surface area contributed by atoms with Crippen molar-refractivity contribution in [1.82, 2.24) is 4.90 Å². The molecule has 1 rings (SSSR count). The molecule has 0 unspecified atom stereocenters. The molecule has 0 saturated carbocycles. The summed E-state index contributed by atoms with van der Waals surface area (Å²) in [4.78, 5) is 28.5. The predicted molar refractivity (Wildman–Crippen MR) is 159 cm³/mol. The Hall–Kier alpha value is -0.763. The van der Waals surface area contributed by atoms with E-state index >= 15 is 0 Å². The van der Waals surface area contributed by atoms with Crippen molar-refractivity contribution in [3.8, 4) is 0 Å². The lowest BCUT2D eigenvalue weighted by Crippen LogP contribution is -2.78. The van der Waals surface area contributed by atoms with Gasteiger partial charge in [-0.1, -0.05) is 110 Å². The van der Waals surface area contributed by atoms with E-state index in [1.807, 2.05) is 27.7 Å². The molecule has 0 aromatic rings. The largest absolute Gasteiger partial charge is 0.536 e. The molecule has 0 bridgehead atoms. The van der Waals surface area contributed by atoms with Crippen LogP contribution in [0, 0.1) is 0 Å². The quantitative estimate of drug-likeness (QED) is 0.0839. The van der Waals surface area contributed by atoms with Crippen LogP contribution >= 0.6 is 0 Å². The van der Waals surface area contributed by atoms with Gasteiger partial charge >= 0.3 is 8.80 Å². The SMILES string of the molecule is CCCCCCCCCCCCCCCCCCN1C(=O)CCC(=O)[C@@]1(CC)[Si](OCC)(OCC)OCC. The molecule has 0 N–H and O–H groups in total. The normalized spacial score (nSPS) is 18.5. The van der Waals surface area contributed by atoms with Gasteiger partial charge in [-0.3, -0.25) is 9.59 Å². The molecule has 0 spiro atoms. The highest BCUT2D eigenvalue weighted by Gasteiger charge is 2.69. The monoisotopic (exact) mass is 555 g/mol. The molecule has 224 valence electrons. The Bertz CT molecular complexity index is 614. The molecule has 38 heavy (non-hydrogen) atoms. The number of amides is 1. The van der Waals surface area contributed by atoms with Crippen LogP contribution in [-0.2, 0) is 22.9 Å². The van der Waals surface area contributed by atoms with Gasteiger partial charge in [-0.05, 0) is 33.6 Å². The molecule has 0 radical (unpaired) electrons. The van der Waals surface area contributed by atoms with Crippen molar-refractivity contribution in [3.63, 3.8) is 0 Å². The summed E-state index contributed by atoms with van der Waals surface area (Å²) in [6.45, 7) is 11.7. The van der Waals surface area contributed by atoms with Gasteiger partial charge in [0.1, 0.15) is 0 Å². The molecule has 1 aliphatic heterocycles. The Balaban J connectivity index is 2.46. The van der Waals surface area contributed by atoms with E-state index < -0.39 is 14.0 Å². The maximum atomic E-state index is 13.5. The molecule has 6 nitrogen and oxygen atoms in total. The van der Waals surface area contributed by atoms with Crippen molar-refractivity contribution in [2.75, 3.05) is 26.4 Å². The summed E-state index contributed by atoms with van der Waals surface area (Å²) in [7, 11) is -3.47. The molecule has 1 saturated heterocycles. The number of piperidine rings is 1. The molecule has 1 fully saturated rings. The van der Waals surface area contributed by atoms with Crippen LogP contribution in [0.25, 0.3) is 0 Å². The number of unbranched alkanes of at least 4 members (excludes halogenated alkanes) is 15. The smallest absolute Gasteiger partial charge is 0.372 e. The van der Waals surface area contributed by atoms with Crippen LogP contribution in [0.1, 0.15) is 157 Å². The lowest BCUT2D eigenvalue weighted by molar-refractivity contribution is -0.153. The first-order chi connectivity index (χ1) is 18.5. The Labute approximate surface area is 236 Å². The van der Waals surface area contributed by atoms with E-state index in [-0.39, 0.29) is 24.5 Å². The number of nitrogens with zero attached hydrogens (tertiary/aromatic N) is 1. The summed E-state index contributed by atoms with van der Waals surface area (Å²) >= 11 is 0. The number of likely N-dealkylation sites (tertiary alicyclic amines) is 1. The zero-order valence-corrected chi connectivity index (χ0v) is 26.8. The topological polar surface area (TPSA) is 65.1 Å². The van der Waals surface area contributed by atoms with Gasteiger partial charge in [0.15, 0.2) is 10.9 Å². The maximum absolute atomic E-state index is 13.5. The van der Waals surface area contributed by atoms with Crippen molar-refractivity contribution in [3.05, 3.63) is 0 Å². The van der Waals surface area contributed by atoms with Crippen molar-refractivity contribution in [2.24, 2.45) is 0 Å². The number of hydrogen-bond donors (Lipinski definition) is 0. The van der Waals surface area contributed by atoms with Crippen molar-refractivity contribution >= 4 is 20.5 Å². The third kappa shape index (κ3) is 10.7. The maximum Gasteiger partial charge on any atom is 0.536 e. The lowest BCUT2D eigenvalue weighted by Gasteiger charge is -2.51. The molecular weight excluding hydrogens is 494 g/mol. The van der Waals surface area contributed by atoms with E-state index in [2.05, 4.69) is 6.92 Å². The Morgan fingerprint density at radius 2 is 1.00 bits per heavy atom. The van der Waals surface area contributed by atoms with Gasteiger partial charge in [0.25, 0.3) is 0 Å². The van der Waals surface area contributed by atoms with Crippen molar-refractivity contribution < 1.29 is 22.9 Å². The fourth-order valence-electron chi connectivity index (χ4n) is 6.05. The number of hydrogen-bond acceptors (Lipinski definition) is 5.